The molecule has 2 aliphatic rings. The molecule has 0 bridgehead atoms. The largest absolute Gasteiger partial charge is 0.442 e. The summed E-state index contributed by atoms with van der Waals surface area (Å²) in [5.74, 6) is 0.166. The molecule has 29 heavy (non-hydrogen) atoms. The van der Waals surface area contributed by atoms with Gasteiger partial charge in [0.1, 0.15) is 6.10 Å². The number of hydrogen-bond donors (Lipinski definition) is 1. The van der Waals surface area contributed by atoms with Gasteiger partial charge in [-0.15, -0.1) is 0 Å². The second-order valence-corrected chi connectivity index (χ2v) is 8.27. The van der Waals surface area contributed by atoms with Crippen LogP contribution >= 0.6 is 0 Å². The smallest absolute Gasteiger partial charge is 0.410 e. The first-order chi connectivity index (χ1) is 13.8. The molecule has 0 aromatic heterocycles. The molecule has 2 fully saturated rings. The van der Waals surface area contributed by atoms with Crippen LogP contribution in [0.25, 0.3) is 0 Å². The van der Waals surface area contributed by atoms with Crippen molar-refractivity contribution in [2.45, 2.75) is 71.8 Å². The Morgan fingerprint density at radius 3 is 2.59 bits per heavy atom. The van der Waals surface area contributed by atoms with E-state index < -0.39 is 6.10 Å². The minimum Gasteiger partial charge on any atom is -0.442 e. The Morgan fingerprint density at radius 2 is 1.93 bits per heavy atom. The molecule has 2 aliphatic heterocycles. The van der Waals surface area contributed by atoms with Crippen molar-refractivity contribution in [1.82, 2.24) is 10.2 Å². The fourth-order valence-corrected chi connectivity index (χ4v) is 3.54. The molecule has 0 aliphatic carbocycles. The van der Waals surface area contributed by atoms with Crippen molar-refractivity contribution in [2.75, 3.05) is 26.3 Å². The Labute approximate surface area is 174 Å². The van der Waals surface area contributed by atoms with Crippen LogP contribution in [-0.4, -0.2) is 67.6 Å². The summed E-state index contributed by atoms with van der Waals surface area (Å²) in [6, 6.07) is -0.0312. The van der Waals surface area contributed by atoms with Crippen molar-refractivity contribution >= 4 is 12.0 Å². The molecule has 0 aromatic rings. The molecule has 7 nitrogen and oxygen atoms in total. The molecular weight excluding hydrogens is 372 g/mol. The van der Waals surface area contributed by atoms with E-state index in [4.69, 9.17) is 14.2 Å². The Balaban J connectivity index is 1.77. The van der Waals surface area contributed by atoms with Gasteiger partial charge in [0, 0.05) is 19.2 Å². The van der Waals surface area contributed by atoms with Crippen LogP contribution in [-0.2, 0) is 19.0 Å². The van der Waals surface area contributed by atoms with Crippen molar-refractivity contribution in [3.8, 4) is 0 Å². The van der Waals surface area contributed by atoms with Gasteiger partial charge in [0.2, 0.25) is 5.91 Å². The number of amides is 2. The monoisotopic (exact) mass is 408 g/mol. The van der Waals surface area contributed by atoms with Gasteiger partial charge < -0.3 is 24.4 Å². The van der Waals surface area contributed by atoms with E-state index in [0.29, 0.717) is 32.2 Å². The first-order valence-corrected chi connectivity index (χ1v) is 10.6. The minimum atomic E-state index is -0.483. The molecule has 2 amide bonds. The topological polar surface area (TPSA) is 77.1 Å². The second-order valence-electron chi connectivity index (χ2n) is 8.27. The summed E-state index contributed by atoms with van der Waals surface area (Å²) < 4.78 is 16.7. The summed E-state index contributed by atoms with van der Waals surface area (Å²) >= 11 is 0. The van der Waals surface area contributed by atoms with Gasteiger partial charge in [-0.25, -0.2) is 4.79 Å². The Hall–Kier alpha value is -1.86. The van der Waals surface area contributed by atoms with E-state index in [1.165, 1.54) is 11.6 Å². The van der Waals surface area contributed by atoms with Crippen LogP contribution in [0.3, 0.4) is 0 Å². The van der Waals surface area contributed by atoms with Crippen molar-refractivity contribution in [3.63, 3.8) is 0 Å². The summed E-state index contributed by atoms with van der Waals surface area (Å²) in [5, 5.41) is 3.02. The van der Waals surface area contributed by atoms with E-state index in [-0.39, 0.29) is 30.3 Å². The normalized spacial score (nSPS) is 28.7. The molecule has 0 unspecified atom stereocenters. The Kier molecular flexibility index (Phi) is 9.17. The molecule has 2 heterocycles. The predicted molar refractivity (Wildman–Crippen MR) is 112 cm³/mol. The lowest BCUT2D eigenvalue weighted by Crippen LogP contribution is -2.50. The number of nitrogens with one attached hydrogen (secondary N) is 1. The zero-order valence-corrected chi connectivity index (χ0v) is 18.3. The van der Waals surface area contributed by atoms with Gasteiger partial charge in [0.15, 0.2) is 0 Å². The van der Waals surface area contributed by atoms with Crippen LogP contribution in [0.15, 0.2) is 23.8 Å². The first-order valence-electron chi connectivity index (χ1n) is 10.6. The van der Waals surface area contributed by atoms with Crippen molar-refractivity contribution in [2.24, 2.45) is 5.92 Å². The summed E-state index contributed by atoms with van der Waals surface area (Å²) in [5.41, 5.74) is 1.29. The summed E-state index contributed by atoms with van der Waals surface area (Å²) in [7, 11) is 0. The molecule has 0 aromatic carbocycles. The summed E-state index contributed by atoms with van der Waals surface area (Å²) in [4.78, 5) is 26.0. The number of nitrogens with zero attached hydrogens (tertiary/aromatic N) is 1. The number of carbonyl (C=O) groups is 2. The van der Waals surface area contributed by atoms with E-state index >= 15 is 0 Å². The maximum Gasteiger partial charge on any atom is 0.410 e. The predicted octanol–water partition coefficient (Wildman–Crippen LogP) is 3.05. The zero-order chi connectivity index (χ0) is 21.4. The molecule has 1 N–H and O–H groups in total. The van der Waals surface area contributed by atoms with Crippen LogP contribution in [0.2, 0.25) is 0 Å². The third kappa shape index (κ3) is 7.82. The van der Waals surface area contributed by atoms with Crippen LogP contribution in [0.5, 0.6) is 0 Å². The van der Waals surface area contributed by atoms with Crippen LogP contribution in [0, 0.1) is 5.92 Å². The highest BCUT2D eigenvalue weighted by molar-refractivity contribution is 5.87. The van der Waals surface area contributed by atoms with Gasteiger partial charge in [-0.3, -0.25) is 4.79 Å². The quantitative estimate of drug-likeness (QED) is 0.540. The summed E-state index contributed by atoms with van der Waals surface area (Å²) in [6.07, 6.45) is 6.30. The molecule has 0 spiro atoms. The van der Waals surface area contributed by atoms with Crippen molar-refractivity contribution in [1.29, 1.82) is 0 Å². The maximum absolute atomic E-state index is 12.3. The molecule has 2 rings (SSSR count). The third-order valence-electron chi connectivity index (χ3n) is 5.38. The second kappa shape index (κ2) is 11.4. The van der Waals surface area contributed by atoms with Gasteiger partial charge in [0.25, 0.3) is 0 Å². The van der Waals surface area contributed by atoms with Crippen molar-refractivity contribution < 1.29 is 23.8 Å². The van der Waals surface area contributed by atoms with Crippen LogP contribution in [0.4, 0.5) is 4.79 Å². The van der Waals surface area contributed by atoms with Gasteiger partial charge in [-0.1, -0.05) is 18.6 Å². The number of ether oxygens (including phenoxy) is 3. The number of morpholine rings is 1. The highest BCUT2D eigenvalue weighted by Gasteiger charge is 2.33. The van der Waals surface area contributed by atoms with Gasteiger partial charge >= 0.3 is 6.09 Å². The molecule has 7 heteroatoms. The lowest BCUT2D eigenvalue weighted by Gasteiger charge is -2.39. The number of rotatable bonds is 6. The van der Waals surface area contributed by atoms with Crippen LogP contribution < -0.4 is 5.32 Å². The molecule has 0 saturated carbocycles. The highest BCUT2D eigenvalue weighted by Crippen LogP contribution is 2.27. The Bertz CT molecular complexity index is 608. The average molecular weight is 409 g/mol. The molecule has 0 radical (unpaired) electrons. The van der Waals surface area contributed by atoms with Gasteiger partial charge in [-0.2, -0.15) is 0 Å². The molecule has 164 valence electrons. The van der Waals surface area contributed by atoms with E-state index in [1.54, 1.807) is 17.9 Å². The summed E-state index contributed by atoms with van der Waals surface area (Å²) in [6.45, 7) is 12.2. The third-order valence-corrected chi connectivity index (χ3v) is 5.38. The van der Waals surface area contributed by atoms with E-state index in [2.05, 4.69) is 32.2 Å². The standard InChI is InChI=1S/C22H36N2O5/c1-15(2)6-8-20-16(3)14-19(18(5)29-20)23-21(25)9-7-17(4)28-22(26)24-10-12-27-13-11-24/h6-7,9,16-20H,8,10-14H2,1-5H3,(H,23,25)/b9-7-/t16-,17+,18-,19-,20+/m1/s1. The molecular formula is C22H36N2O5. The highest BCUT2D eigenvalue weighted by atomic mass is 16.6. The van der Waals surface area contributed by atoms with Crippen molar-refractivity contribution in [3.05, 3.63) is 23.8 Å². The first kappa shape index (κ1) is 23.4. The Morgan fingerprint density at radius 1 is 1.24 bits per heavy atom. The average Bonchev–Trinajstić information content (AvgIpc) is 2.68. The molecule has 5 atom stereocenters. The fraction of sp³-hybridized carbons (Fsp3) is 0.727. The van der Waals surface area contributed by atoms with E-state index in [1.807, 2.05) is 6.92 Å². The fourth-order valence-electron chi connectivity index (χ4n) is 3.54. The van der Waals surface area contributed by atoms with Crippen LogP contribution in [0.1, 0.15) is 47.5 Å². The number of carbonyl (C=O) groups excluding carboxylic acids is 2. The SMILES string of the molecule is CC(C)=CC[C@@H]1O[C@H](C)[C@H](NC(=O)/C=C\[C@H](C)OC(=O)N2CCOCC2)C[C@H]1C. The lowest BCUT2D eigenvalue weighted by atomic mass is 9.88. The van der Waals surface area contributed by atoms with Gasteiger partial charge in [-0.05, 0) is 52.5 Å². The van der Waals surface area contributed by atoms with E-state index in [0.717, 1.165) is 12.8 Å². The number of hydrogen-bond acceptors (Lipinski definition) is 5. The maximum atomic E-state index is 12.3. The minimum absolute atomic E-state index is 0.0312. The lowest BCUT2D eigenvalue weighted by molar-refractivity contribution is -0.123. The number of allylic oxidation sites excluding steroid dienone is 1. The zero-order valence-electron chi connectivity index (χ0n) is 18.3. The van der Waals surface area contributed by atoms with E-state index in [9.17, 15) is 9.59 Å². The van der Waals surface area contributed by atoms with Gasteiger partial charge in [0.05, 0.1) is 31.5 Å². The molecule has 2 saturated heterocycles.